The highest BCUT2D eigenvalue weighted by Crippen LogP contribution is 2.16. The number of fused-ring (bicyclic) bond motifs is 1. The van der Waals surface area contributed by atoms with Gasteiger partial charge in [0.25, 0.3) is 5.56 Å². The van der Waals surface area contributed by atoms with E-state index in [1.165, 1.54) is 0 Å². The molecule has 0 saturated heterocycles. The normalized spacial score (nSPS) is 14.7. The molecule has 2 rings (SSSR count). The van der Waals surface area contributed by atoms with Crippen molar-refractivity contribution in [3.63, 3.8) is 0 Å². The Kier molecular flexibility index (Phi) is 3.04. The van der Waals surface area contributed by atoms with Crippen molar-refractivity contribution >= 4 is 5.95 Å². The molecule has 1 aromatic rings. The minimum absolute atomic E-state index is 0.0401. The van der Waals surface area contributed by atoms with Crippen LogP contribution >= 0.6 is 0 Å². The number of anilines is 1. The van der Waals surface area contributed by atoms with Gasteiger partial charge in [-0.05, 0) is 32.1 Å². The van der Waals surface area contributed by atoms with Crippen LogP contribution in [0.5, 0.6) is 0 Å². The van der Waals surface area contributed by atoms with Gasteiger partial charge in [0.15, 0.2) is 0 Å². The molecule has 0 bridgehead atoms. The smallest absolute Gasteiger partial charge is 0.255 e. The first-order valence-corrected chi connectivity index (χ1v) is 5.67. The van der Waals surface area contributed by atoms with Gasteiger partial charge in [-0.15, -0.1) is 0 Å². The highest BCUT2D eigenvalue weighted by atomic mass is 16.1. The molecule has 0 fully saturated rings. The maximum Gasteiger partial charge on any atom is 0.255 e. The van der Waals surface area contributed by atoms with Crippen LogP contribution in [0.25, 0.3) is 0 Å². The quantitative estimate of drug-likeness (QED) is 0.789. The fourth-order valence-electron chi connectivity index (χ4n) is 1.93. The average molecular weight is 207 g/mol. The first-order valence-electron chi connectivity index (χ1n) is 5.67. The Labute approximate surface area is 89.1 Å². The van der Waals surface area contributed by atoms with Gasteiger partial charge >= 0.3 is 0 Å². The summed E-state index contributed by atoms with van der Waals surface area (Å²) in [5.74, 6) is 0.627. The van der Waals surface area contributed by atoms with Gasteiger partial charge in [-0.2, -0.15) is 0 Å². The molecular weight excluding hydrogens is 190 g/mol. The summed E-state index contributed by atoms with van der Waals surface area (Å²) in [6.45, 7) is 2.94. The van der Waals surface area contributed by atoms with Gasteiger partial charge in [0.2, 0.25) is 5.95 Å². The van der Waals surface area contributed by atoms with E-state index in [0.717, 1.165) is 49.9 Å². The molecule has 82 valence electrons. The van der Waals surface area contributed by atoms with E-state index in [4.69, 9.17) is 0 Å². The second-order valence-electron chi connectivity index (χ2n) is 3.97. The Morgan fingerprint density at radius 1 is 1.40 bits per heavy atom. The zero-order valence-corrected chi connectivity index (χ0v) is 9.10. The Morgan fingerprint density at radius 3 is 3.00 bits per heavy atom. The van der Waals surface area contributed by atoms with Crippen LogP contribution in [0.15, 0.2) is 4.79 Å². The van der Waals surface area contributed by atoms with Gasteiger partial charge in [0, 0.05) is 12.1 Å². The molecule has 1 heterocycles. The number of hydrogen-bond acceptors (Lipinski definition) is 3. The third-order valence-electron chi connectivity index (χ3n) is 2.73. The molecule has 0 unspecified atom stereocenters. The third-order valence-corrected chi connectivity index (χ3v) is 2.73. The van der Waals surface area contributed by atoms with Crippen LogP contribution in [0.2, 0.25) is 0 Å². The van der Waals surface area contributed by atoms with Gasteiger partial charge in [-0.1, -0.05) is 6.92 Å². The summed E-state index contributed by atoms with van der Waals surface area (Å²) in [6.07, 6.45) is 5.11. The van der Waals surface area contributed by atoms with Crippen LogP contribution in [0, 0.1) is 0 Å². The van der Waals surface area contributed by atoms with Crippen molar-refractivity contribution in [2.24, 2.45) is 0 Å². The molecule has 2 N–H and O–H groups in total. The lowest BCUT2D eigenvalue weighted by molar-refractivity contribution is 0.657. The van der Waals surface area contributed by atoms with E-state index in [0.29, 0.717) is 5.95 Å². The van der Waals surface area contributed by atoms with Crippen LogP contribution in [-0.2, 0) is 12.8 Å². The fraction of sp³-hybridized carbons (Fsp3) is 0.636. The minimum atomic E-state index is 0.0401. The molecule has 0 radical (unpaired) electrons. The first kappa shape index (κ1) is 10.2. The fourth-order valence-corrected chi connectivity index (χ4v) is 1.93. The summed E-state index contributed by atoms with van der Waals surface area (Å²) in [6, 6.07) is 0. The maximum absolute atomic E-state index is 11.7. The number of aromatic amines is 1. The van der Waals surface area contributed by atoms with E-state index in [9.17, 15) is 4.79 Å². The van der Waals surface area contributed by atoms with E-state index in [-0.39, 0.29) is 5.56 Å². The van der Waals surface area contributed by atoms with Gasteiger partial charge in [-0.3, -0.25) is 9.78 Å². The van der Waals surface area contributed by atoms with Crippen LogP contribution in [0.3, 0.4) is 0 Å². The molecule has 0 aromatic carbocycles. The van der Waals surface area contributed by atoms with Crippen molar-refractivity contribution in [1.82, 2.24) is 9.97 Å². The van der Waals surface area contributed by atoms with Crippen molar-refractivity contribution in [3.8, 4) is 0 Å². The molecule has 1 aromatic heterocycles. The summed E-state index contributed by atoms with van der Waals surface area (Å²) in [4.78, 5) is 18.9. The van der Waals surface area contributed by atoms with Gasteiger partial charge < -0.3 is 5.32 Å². The van der Waals surface area contributed by atoms with E-state index >= 15 is 0 Å². The van der Waals surface area contributed by atoms with Gasteiger partial charge in [0.05, 0.1) is 5.69 Å². The van der Waals surface area contributed by atoms with Crippen molar-refractivity contribution in [2.75, 3.05) is 11.9 Å². The lowest BCUT2D eigenvalue weighted by atomic mass is 9.97. The number of nitrogens with one attached hydrogen (secondary N) is 2. The summed E-state index contributed by atoms with van der Waals surface area (Å²) in [5, 5.41) is 3.12. The monoisotopic (exact) mass is 207 g/mol. The lowest BCUT2D eigenvalue weighted by Gasteiger charge is -2.14. The average Bonchev–Trinajstić information content (AvgIpc) is 2.26. The molecule has 0 aliphatic heterocycles. The summed E-state index contributed by atoms with van der Waals surface area (Å²) in [5.41, 5.74) is 1.92. The minimum Gasteiger partial charge on any atom is -0.356 e. The van der Waals surface area contributed by atoms with E-state index in [2.05, 4.69) is 22.2 Å². The lowest BCUT2D eigenvalue weighted by Crippen LogP contribution is -2.23. The SMILES string of the molecule is CCCNc1nc2c(c(=O)[nH]1)CCCC2. The molecule has 1 aliphatic rings. The Morgan fingerprint density at radius 2 is 2.20 bits per heavy atom. The Bertz CT molecular complexity index is 397. The van der Waals surface area contributed by atoms with Crippen molar-refractivity contribution in [3.05, 3.63) is 21.6 Å². The Hall–Kier alpha value is -1.32. The molecule has 0 saturated carbocycles. The van der Waals surface area contributed by atoms with Crippen LogP contribution < -0.4 is 10.9 Å². The first-order chi connectivity index (χ1) is 7.31. The maximum atomic E-state index is 11.7. The summed E-state index contributed by atoms with van der Waals surface area (Å²) >= 11 is 0. The van der Waals surface area contributed by atoms with Gasteiger partial charge in [0.1, 0.15) is 0 Å². The third kappa shape index (κ3) is 2.19. The van der Waals surface area contributed by atoms with E-state index in [1.807, 2.05) is 0 Å². The topological polar surface area (TPSA) is 57.8 Å². The standard InChI is InChI=1S/C11H17N3O/c1-2-7-12-11-13-9-6-4-3-5-8(9)10(15)14-11/h2-7H2,1H3,(H2,12,13,14,15). The zero-order chi connectivity index (χ0) is 10.7. The van der Waals surface area contributed by atoms with E-state index in [1.54, 1.807) is 0 Å². The number of aromatic nitrogens is 2. The number of hydrogen-bond donors (Lipinski definition) is 2. The number of H-pyrrole nitrogens is 1. The highest BCUT2D eigenvalue weighted by Gasteiger charge is 2.14. The van der Waals surface area contributed by atoms with Crippen LogP contribution in [0.1, 0.15) is 37.4 Å². The van der Waals surface area contributed by atoms with Crippen LogP contribution in [-0.4, -0.2) is 16.5 Å². The van der Waals surface area contributed by atoms with Crippen molar-refractivity contribution in [1.29, 1.82) is 0 Å². The highest BCUT2D eigenvalue weighted by molar-refractivity contribution is 5.30. The van der Waals surface area contributed by atoms with Crippen molar-refractivity contribution < 1.29 is 0 Å². The predicted molar refractivity (Wildman–Crippen MR) is 60.3 cm³/mol. The molecular formula is C11H17N3O. The number of aryl methyl sites for hydroxylation is 1. The molecule has 15 heavy (non-hydrogen) atoms. The summed E-state index contributed by atoms with van der Waals surface area (Å²) < 4.78 is 0. The molecule has 0 atom stereocenters. The molecule has 0 amide bonds. The van der Waals surface area contributed by atoms with E-state index < -0.39 is 0 Å². The second-order valence-corrected chi connectivity index (χ2v) is 3.97. The summed E-state index contributed by atoms with van der Waals surface area (Å²) in [7, 11) is 0. The second kappa shape index (κ2) is 4.47. The number of nitrogens with zero attached hydrogens (tertiary/aromatic N) is 1. The van der Waals surface area contributed by atoms with Gasteiger partial charge in [-0.25, -0.2) is 4.98 Å². The zero-order valence-electron chi connectivity index (χ0n) is 9.10. The van der Waals surface area contributed by atoms with Crippen molar-refractivity contribution in [2.45, 2.75) is 39.0 Å². The number of rotatable bonds is 3. The van der Waals surface area contributed by atoms with Crippen LogP contribution in [0.4, 0.5) is 5.95 Å². The molecule has 4 heteroatoms. The molecule has 0 spiro atoms. The molecule has 1 aliphatic carbocycles. The molecule has 4 nitrogen and oxygen atoms in total. The Balaban J connectivity index is 2.28. The predicted octanol–water partition coefficient (Wildman–Crippen LogP) is 1.47. The largest absolute Gasteiger partial charge is 0.356 e.